The first-order valence-electron chi connectivity index (χ1n) is 4.34. The molecule has 0 spiro atoms. The Balaban J connectivity index is 2.49. The Labute approximate surface area is 83.2 Å². The quantitative estimate of drug-likeness (QED) is 0.690. The number of aryl methyl sites for hydroxylation is 1. The molecule has 0 unspecified atom stereocenters. The molecule has 1 aromatic heterocycles. The molecule has 2 nitrogen and oxygen atoms in total. The molecule has 0 aliphatic carbocycles. The van der Waals surface area contributed by atoms with Crippen LogP contribution < -0.4 is 0 Å². The highest BCUT2D eigenvalue weighted by molar-refractivity contribution is 7.14. The van der Waals surface area contributed by atoms with Crippen LogP contribution in [0.15, 0.2) is 12.1 Å². The number of hydrogen-bond donors (Lipinski definition) is 0. The molecule has 0 bridgehead atoms. The van der Waals surface area contributed by atoms with Crippen molar-refractivity contribution in [2.75, 3.05) is 20.6 Å². The summed E-state index contributed by atoms with van der Waals surface area (Å²) in [5.74, 6) is 0.256. The SMILES string of the molecule is Cc1ccc(C(=O)CCN(C)C)s1. The van der Waals surface area contributed by atoms with Crippen LogP contribution in [0, 0.1) is 6.92 Å². The van der Waals surface area contributed by atoms with Crippen LogP contribution in [0.4, 0.5) is 0 Å². The second kappa shape index (κ2) is 4.53. The van der Waals surface area contributed by atoms with Crippen molar-refractivity contribution in [1.82, 2.24) is 4.90 Å². The Morgan fingerprint density at radius 3 is 2.62 bits per heavy atom. The van der Waals surface area contributed by atoms with E-state index in [1.807, 2.05) is 38.1 Å². The average Bonchev–Trinajstić information content (AvgIpc) is 2.47. The Morgan fingerprint density at radius 1 is 1.46 bits per heavy atom. The molecular formula is C10H15NOS. The maximum atomic E-state index is 11.5. The van der Waals surface area contributed by atoms with Gasteiger partial charge in [0.15, 0.2) is 5.78 Å². The molecule has 0 radical (unpaired) electrons. The Bertz CT molecular complexity index is 291. The van der Waals surface area contributed by atoms with Crippen molar-refractivity contribution in [2.24, 2.45) is 0 Å². The monoisotopic (exact) mass is 197 g/mol. The van der Waals surface area contributed by atoms with Crippen LogP contribution >= 0.6 is 11.3 Å². The van der Waals surface area contributed by atoms with Gasteiger partial charge in [0.2, 0.25) is 0 Å². The van der Waals surface area contributed by atoms with Gasteiger partial charge in [0.1, 0.15) is 0 Å². The number of carbonyl (C=O) groups excluding carboxylic acids is 1. The van der Waals surface area contributed by atoms with Crippen LogP contribution in [-0.2, 0) is 0 Å². The van der Waals surface area contributed by atoms with E-state index in [-0.39, 0.29) is 5.78 Å². The molecule has 0 atom stereocenters. The fourth-order valence-corrected chi connectivity index (χ4v) is 1.87. The van der Waals surface area contributed by atoms with Gasteiger partial charge in [-0.05, 0) is 33.2 Å². The standard InChI is InChI=1S/C10H15NOS/c1-8-4-5-10(13-8)9(12)6-7-11(2)3/h4-5H,6-7H2,1-3H3. The lowest BCUT2D eigenvalue weighted by Gasteiger charge is -2.06. The molecule has 1 rings (SSSR count). The Morgan fingerprint density at radius 2 is 2.15 bits per heavy atom. The Hall–Kier alpha value is -0.670. The van der Waals surface area contributed by atoms with Crippen molar-refractivity contribution in [3.05, 3.63) is 21.9 Å². The van der Waals surface area contributed by atoms with Crippen LogP contribution in [0.25, 0.3) is 0 Å². The highest BCUT2D eigenvalue weighted by Gasteiger charge is 2.07. The summed E-state index contributed by atoms with van der Waals surface area (Å²) in [6.45, 7) is 2.85. The molecule has 13 heavy (non-hydrogen) atoms. The Kier molecular flexibility index (Phi) is 3.63. The summed E-state index contributed by atoms with van der Waals surface area (Å²) in [5, 5.41) is 0. The third-order valence-corrected chi connectivity index (χ3v) is 2.84. The number of ketones is 1. The minimum Gasteiger partial charge on any atom is -0.309 e. The van der Waals surface area contributed by atoms with Gasteiger partial charge < -0.3 is 4.90 Å². The van der Waals surface area contributed by atoms with Crippen molar-refractivity contribution in [2.45, 2.75) is 13.3 Å². The predicted octanol–water partition coefficient (Wildman–Crippen LogP) is 2.19. The second-order valence-corrected chi connectivity index (χ2v) is 4.67. The van der Waals surface area contributed by atoms with E-state index in [1.54, 1.807) is 11.3 Å². The van der Waals surface area contributed by atoms with E-state index < -0.39 is 0 Å². The van der Waals surface area contributed by atoms with E-state index in [2.05, 4.69) is 0 Å². The van der Waals surface area contributed by atoms with E-state index in [4.69, 9.17) is 0 Å². The van der Waals surface area contributed by atoms with Gasteiger partial charge in [0, 0.05) is 17.8 Å². The van der Waals surface area contributed by atoms with Crippen LogP contribution in [0.5, 0.6) is 0 Å². The van der Waals surface area contributed by atoms with Gasteiger partial charge in [-0.15, -0.1) is 11.3 Å². The highest BCUT2D eigenvalue weighted by atomic mass is 32.1. The topological polar surface area (TPSA) is 20.3 Å². The second-order valence-electron chi connectivity index (χ2n) is 3.39. The molecule has 3 heteroatoms. The minimum absolute atomic E-state index is 0.256. The molecule has 0 fully saturated rings. The van der Waals surface area contributed by atoms with Crippen LogP contribution in [0.2, 0.25) is 0 Å². The van der Waals surface area contributed by atoms with E-state index in [1.165, 1.54) is 4.88 Å². The lowest BCUT2D eigenvalue weighted by Crippen LogP contribution is -2.16. The van der Waals surface area contributed by atoms with Gasteiger partial charge in [-0.3, -0.25) is 4.79 Å². The summed E-state index contributed by atoms with van der Waals surface area (Å²) >= 11 is 1.58. The smallest absolute Gasteiger partial charge is 0.174 e. The predicted molar refractivity (Wildman–Crippen MR) is 56.6 cm³/mol. The average molecular weight is 197 g/mol. The number of carbonyl (C=O) groups is 1. The lowest BCUT2D eigenvalue weighted by molar-refractivity contribution is 0.0976. The summed E-state index contributed by atoms with van der Waals surface area (Å²) in [6.07, 6.45) is 0.618. The van der Waals surface area contributed by atoms with Crippen LogP contribution in [0.3, 0.4) is 0 Å². The first-order valence-corrected chi connectivity index (χ1v) is 5.15. The molecule has 0 aliphatic heterocycles. The maximum absolute atomic E-state index is 11.5. The van der Waals surface area contributed by atoms with E-state index in [0.717, 1.165) is 11.4 Å². The highest BCUT2D eigenvalue weighted by Crippen LogP contribution is 2.16. The van der Waals surface area contributed by atoms with Gasteiger partial charge in [0.05, 0.1) is 4.88 Å². The number of thiophene rings is 1. The van der Waals surface area contributed by atoms with Crippen molar-refractivity contribution in [3.63, 3.8) is 0 Å². The fourth-order valence-electron chi connectivity index (χ4n) is 1.03. The zero-order chi connectivity index (χ0) is 9.84. The van der Waals surface area contributed by atoms with Crippen molar-refractivity contribution >= 4 is 17.1 Å². The molecule has 0 aromatic carbocycles. The van der Waals surface area contributed by atoms with Gasteiger partial charge in [-0.1, -0.05) is 0 Å². The van der Waals surface area contributed by atoms with Crippen molar-refractivity contribution < 1.29 is 4.79 Å². The van der Waals surface area contributed by atoms with Gasteiger partial charge >= 0.3 is 0 Å². The van der Waals surface area contributed by atoms with E-state index in [0.29, 0.717) is 6.42 Å². The summed E-state index contributed by atoms with van der Waals surface area (Å²) in [7, 11) is 3.96. The van der Waals surface area contributed by atoms with E-state index in [9.17, 15) is 4.79 Å². The third kappa shape index (κ3) is 3.28. The molecule has 1 aromatic rings. The number of rotatable bonds is 4. The van der Waals surface area contributed by atoms with Crippen LogP contribution in [0.1, 0.15) is 21.0 Å². The number of hydrogen-bond acceptors (Lipinski definition) is 3. The first kappa shape index (κ1) is 10.4. The van der Waals surface area contributed by atoms with Crippen LogP contribution in [-0.4, -0.2) is 31.3 Å². The van der Waals surface area contributed by atoms with Crippen molar-refractivity contribution in [1.29, 1.82) is 0 Å². The van der Waals surface area contributed by atoms with Gasteiger partial charge in [-0.25, -0.2) is 0 Å². The molecule has 0 saturated carbocycles. The molecule has 0 aliphatic rings. The van der Waals surface area contributed by atoms with Gasteiger partial charge in [-0.2, -0.15) is 0 Å². The first-order chi connectivity index (χ1) is 6.09. The normalized spacial score (nSPS) is 10.8. The molecule has 1 heterocycles. The molecule has 0 saturated heterocycles. The lowest BCUT2D eigenvalue weighted by atomic mass is 10.2. The summed E-state index contributed by atoms with van der Waals surface area (Å²) in [4.78, 5) is 15.7. The zero-order valence-electron chi connectivity index (χ0n) is 8.33. The molecule has 0 N–H and O–H groups in total. The largest absolute Gasteiger partial charge is 0.309 e. The van der Waals surface area contributed by atoms with Gasteiger partial charge in [0.25, 0.3) is 0 Å². The summed E-state index contributed by atoms with van der Waals surface area (Å²) < 4.78 is 0. The zero-order valence-corrected chi connectivity index (χ0v) is 9.15. The van der Waals surface area contributed by atoms with Crippen molar-refractivity contribution in [3.8, 4) is 0 Å². The third-order valence-electron chi connectivity index (χ3n) is 1.80. The molecule has 0 amide bonds. The molecular weight excluding hydrogens is 182 g/mol. The number of nitrogens with zero attached hydrogens (tertiary/aromatic N) is 1. The number of Topliss-reactive ketones (excluding diaryl/α,β-unsaturated/α-hetero) is 1. The van der Waals surface area contributed by atoms with E-state index >= 15 is 0 Å². The molecule has 72 valence electrons. The maximum Gasteiger partial charge on any atom is 0.174 e. The fraction of sp³-hybridized carbons (Fsp3) is 0.500. The summed E-state index contributed by atoms with van der Waals surface area (Å²) in [5.41, 5.74) is 0. The summed E-state index contributed by atoms with van der Waals surface area (Å²) in [6, 6.07) is 3.91. The minimum atomic E-state index is 0.256.